The predicted molar refractivity (Wildman–Crippen MR) is 73.1 cm³/mol. The SMILES string of the molecule is COc1ccccc1C(=O)N[C@H](C#N)c1ccsc1. The Balaban J connectivity index is 2.19. The fraction of sp³-hybridized carbons (Fsp3) is 0.143. The molecule has 0 aliphatic carbocycles. The summed E-state index contributed by atoms with van der Waals surface area (Å²) < 4.78 is 5.13. The van der Waals surface area contributed by atoms with Gasteiger partial charge in [0.05, 0.1) is 18.7 Å². The minimum absolute atomic E-state index is 0.324. The van der Waals surface area contributed by atoms with Crippen molar-refractivity contribution in [3.8, 4) is 11.8 Å². The molecule has 0 aliphatic heterocycles. The summed E-state index contributed by atoms with van der Waals surface area (Å²) in [6.45, 7) is 0. The van der Waals surface area contributed by atoms with E-state index in [4.69, 9.17) is 10.00 Å². The molecule has 1 aromatic heterocycles. The van der Waals surface area contributed by atoms with E-state index in [9.17, 15) is 4.79 Å². The minimum atomic E-state index is -0.649. The normalized spacial score (nSPS) is 11.4. The number of nitrogens with zero attached hydrogens (tertiary/aromatic N) is 1. The Bertz CT molecular complexity index is 602. The average molecular weight is 272 g/mol. The van der Waals surface area contributed by atoms with E-state index < -0.39 is 6.04 Å². The number of benzene rings is 1. The molecule has 1 heterocycles. The van der Waals surface area contributed by atoms with Crippen LogP contribution in [0.25, 0.3) is 0 Å². The number of hydrogen-bond donors (Lipinski definition) is 1. The standard InChI is InChI=1S/C14H12N2O2S/c1-18-13-5-3-2-4-11(13)14(17)16-12(8-15)10-6-7-19-9-10/h2-7,9,12H,1H3,(H,16,17)/t12-/m1/s1. The van der Waals surface area contributed by atoms with Crippen molar-refractivity contribution in [2.45, 2.75) is 6.04 Å². The number of amides is 1. The maximum absolute atomic E-state index is 12.2. The molecule has 0 unspecified atom stereocenters. The largest absolute Gasteiger partial charge is 0.496 e. The second kappa shape index (κ2) is 6.03. The van der Waals surface area contributed by atoms with Crippen LogP contribution in [0.4, 0.5) is 0 Å². The van der Waals surface area contributed by atoms with Crippen molar-refractivity contribution >= 4 is 17.2 Å². The molecule has 19 heavy (non-hydrogen) atoms. The molecule has 0 spiro atoms. The number of para-hydroxylation sites is 1. The van der Waals surface area contributed by atoms with Crippen LogP contribution in [-0.2, 0) is 0 Å². The second-order valence-corrected chi connectivity index (χ2v) is 4.57. The van der Waals surface area contributed by atoms with E-state index in [1.165, 1.54) is 18.4 Å². The van der Waals surface area contributed by atoms with E-state index in [2.05, 4.69) is 11.4 Å². The first-order valence-corrected chi connectivity index (χ1v) is 6.56. The molecule has 2 aromatic rings. The van der Waals surface area contributed by atoms with Crippen molar-refractivity contribution in [2.75, 3.05) is 7.11 Å². The summed E-state index contributed by atoms with van der Waals surface area (Å²) in [6.07, 6.45) is 0. The van der Waals surface area contributed by atoms with E-state index in [0.717, 1.165) is 5.56 Å². The first-order chi connectivity index (χ1) is 9.26. The summed E-state index contributed by atoms with van der Waals surface area (Å²) in [6, 6.07) is 10.2. The van der Waals surface area contributed by atoms with Crippen LogP contribution in [0, 0.1) is 11.3 Å². The van der Waals surface area contributed by atoms with Crippen molar-refractivity contribution in [1.29, 1.82) is 5.26 Å². The van der Waals surface area contributed by atoms with Gasteiger partial charge in [-0.05, 0) is 34.5 Å². The number of hydrogen-bond acceptors (Lipinski definition) is 4. The van der Waals surface area contributed by atoms with Gasteiger partial charge in [-0.1, -0.05) is 12.1 Å². The number of carbonyl (C=O) groups is 1. The molecular weight excluding hydrogens is 260 g/mol. The van der Waals surface area contributed by atoms with Crippen LogP contribution in [0.15, 0.2) is 41.1 Å². The van der Waals surface area contributed by atoms with E-state index in [-0.39, 0.29) is 5.91 Å². The van der Waals surface area contributed by atoms with Crippen LogP contribution in [0.3, 0.4) is 0 Å². The summed E-state index contributed by atoms with van der Waals surface area (Å²) in [5.74, 6) is 0.164. The molecule has 0 aliphatic rings. The zero-order chi connectivity index (χ0) is 13.7. The number of methoxy groups -OCH3 is 1. The van der Waals surface area contributed by atoms with Gasteiger partial charge in [0.2, 0.25) is 0 Å². The Kier molecular flexibility index (Phi) is 4.16. The third-order valence-electron chi connectivity index (χ3n) is 2.63. The highest BCUT2D eigenvalue weighted by molar-refractivity contribution is 7.08. The quantitative estimate of drug-likeness (QED) is 0.930. The Labute approximate surface area is 115 Å². The van der Waals surface area contributed by atoms with Crippen LogP contribution >= 0.6 is 11.3 Å². The molecule has 1 aromatic carbocycles. The molecule has 96 valence electrons. The van der Waals surface area contributed by atoms with Gasteiger partial charge in [-0.15, -0.1) is 0 Å². The topological polar surface area (TPSA) is 62.1 Å². The number of carbonyl (C=O) groups excluding carboxylic acids is 1. The van der Waals surface area contributed by atoms with E-state index in [1.54, 1.807) is 24.3 Å². The van der Waals surface area contributed by atoms with Gasteiger partial charge >= 0.3 is 0 Å². The van der Waals surface area contributed by atoms with Gasteiger partial charge in [0.15, 0.2) is 0 Å². The lowest BCUT2D eigenvalue weighted by Crippen LogP contribution is -2.27. The van der Waals surface area contributed by atoms with Gasteiger partial charge in [-0.2, -0.15) is 16.6 Å². The van der Waals surface area contributed by atoms with Crippen molar-refractivity contribution in [3.63, 3.8) is 0 Å². The lowest BCUT2D eigenvalue weighted by molar-refractivity contribution is 0.0942. The maximum atomic E-state index is 12.2. The van der Waals surface area contributed by atoms with Crippen molar-refractivity contribution in [3.05, 3.63) is 52.2 Å². The first-order valence-electron chi connectivity index (χ1n) is 5.62. The number of nitrogens with one attached hydrogen (secondary N) is 1. The van der Waals surface area contributed by atoms with Gasteiger partial charge < -0.3 is 10.1 Å². The molecule has 0 saturated carbocycles. The molecule has 5 heteroatoms. The van der Waals surface area contributed by atoms with Crippen LogP contribution in [0.5, 0.6) is 5.75 Å². The molecule has 4 nitrogen and oxygen atoms in total. The molecule has 2 rings (SSSR count). The predicted octanol–water partition coefficient (Wildman–Crippen LogP) is 2.75. The molecule has 0 bridgehead atoms. The molecule has 1 N–H and O–H groups in total. The Hall–Kier alpha value is -2.32. The van der Waals surface area contributed by atoms with E-state index in [1.807, 2.05) is 16.8 Å². The van der Waals surface area contributed by atoms with Gasteiger partial charge in [0.1, 0.15) is 11.8 Å². The fourth-order valence-electron chi connectivity index (χ4n) is 1.67. The minimum Gasteiger partial charge on any atom is -0.496 e. The highest BCUT2D eigenvalue weighted by Crippen LogP contribution is 2.20. The number of thiophene rings is 1. The zero-order valence-corrected chi connectivity index (χ0v) is 11.1. The summed E-state index contributed by atoms with van der Waals surface area (Å²) in [5.41, 5.74) is 1.20. The van der Waals surface area contributed by atoms with Crippen molar-refractivity contribution < 1.29 is 9.53 Å². The van der Waals surface area contributed by atoms with Crippen LogP contribution in [0.1, 0.15) is 22.0 Å². The average Bonchev–Trinajstić information content (AvgIpc) is 2.98. The lowest BCUT2D eigenvalue weighted by atomic mass is 10.1. The van der Waals surface area contributed by atoms with Crippen molar-refractivity contribution in [2.24, 2.45) is 0 Å². The van der Waals surface area contributed by atoms with Crippen LogP contribution in [-0.4, -0.2) is 13.0 Å². The number of rotatable bonds is 4. The summed E-state index contributed by atoms with van der Waals surface area (Å²) >= 11 is 1.49. The Morgan fingerprint density at radius 1 is 1.42 bits per heavy atom. The van der Waals surface area contributed by atoms with E-state index >= 15 is 0 Å². The third-order valence-corrected chi connectivity index (χ3v) is 3.33. The summed E-state index contributed by atoms with van der Waals surface area (Å²) in [4.78, 5) is 12.2. The van der Waals surface area contributed by atoms with E-state index in [0.29, 0.717) is 11.3 Å². The highest BCUT2D eigenvalue weighted by Gasteiger charge is 2.17. The molecule has 1 atom stereocenters. The fourth-order valence-corrected chi connectivity index (χ4v) is 2.36. The number of nitriles is 1. The monoisotopic (exact) mass is 272 g/mol. The zero-order valence-electron chi connectivity index (χ0n) is 10.3. The highest BCUT2D eigenvalue weighted by atomic mass is 32.1. The lowest BCUT2D eigenvalue weighted by Gasteiger charge is -2.12. The smallest absolute Gasteiger partial charge is 0.256 e. The molecule has 0 radical (unpaired) electrons. The van der Waals surface area contributed by atoms with Crippen LogP contribution < -0.4 is 10.1 Å². The van der Waals surface area contributed by atoms with Gasteiger partial charge in [0.25, 0.3) is 5.91 Å². The third kappa shape index (κ3) is 2.92. The van der Waals surface area contributed by atoms with Crippen LogP contribution in [0.2, 0.25) is 0 Å². The van der Waals surface area contributed by atoms with Gasteiger partial charge in [-0.25, -0.2) is 0 Å². The second-order valence-electron chi connectivity index (χ2n) is 3.79. The molecule has 0 saturated heterocycles. The van der Waals surface area contributed by atoms with Crippen molar-refractivity contribution in [1.82, 2.24) is 5.32 Å². The first kappa shape index (κ1) is 13.1. The summed E-state index contributed by atoms with van der Waals surface area (Å²) in [5, 5.41) is 15.5. The molecular formula is C14H12N2O2S. The van der Waals surface area contributed by atoms with Gasteiger partial charge in [0, 0.05) is 0 Å². The maximum Gasteiger partial charge on any atom is 0.256 e. The molecule has 1 amide bonds. The number of ether oxygens (including phenoxy) is 1. The molecule has 0 fully saturated rings. The van der Waals surface area contributed by atoms with Gasteiger partial charge in [-0.3, -0.25) is 4.79 Å². The Morgan fingerprint density at radius 3 is 2.84 bits per heavy atom. The summed E-state index contributed by atoms with van der Waals surface area (Å²) in [7, 11) is 1.51. The Morgan fingerprint density at radius 2 is 2.21 bits per heavy atom.